The first-order valence-electron chi connectivity index (χ1n) is 5.18. The van der Waals surface area contributed by atoms with Crippen molar-refractivity contribution in [2.24, 2.45) is 0 Å². The second-order valence-electron chi connectivity index (χ2n) is 3.34. The number of benzene rings is 2. The van der Waals surface area contributed by atoms with Crippen molar-refractivity contribution in [3.8, 4) is 0 Å². The fraction of sp³-hybridized carbons (Fsp3) is 0. The van der Waals surface area contributed by atoms with Crippen LogP contribution in [0.5, 0.6) is 0 Å². The molecule has 5 heteroatoms. The van der Waals surface area contributed by atoms with Crippen LogP contribution in [0.2, 0.25) is 0 Å². The second-order valence-corrected chi connectivity index (χ2v) is 4.12. The number of hydrogen-bond donors (Lipinski definition) is 2. The SMILES string of the molecule is OC(=S)c1ccccc1.OC(=S)c1ccccc1.[KH]. The van der Waals surface area contributed by atoms with Crippen LogP contribution < -0.4 is 0 Å². The molecule has 2 rings (SSSR count). The van der Waals surface area contributed by atoms with Gasteiger partial charge in [-0.3, -0.25) is 0 Å². The molecule has 0 atom stereocenters. The number of rotatable bonds is 2. The minimum absolute atomic E-state index is 0. The van der Waals surface area contributed by atoms with E-state index >= 15 is 0 Å². The Balaban J connectivity index is 0.000000324. The second kappa shape index (κ2) is 10.6. The molecule has 2 aromatic carbocycles. The average Bonchev–Trinajstić information content (AvgIpc) is 2.41. The molecule has 94 valence electrons. The van der Waals surface area contributed by atoms with Crippen LogP contribution in [0.4, 0.5) is 0 Å². The van der Waals surface area contributed by atoms with E-state index in [0.29, 0.717) is 11.1 Å². The van der Waals surface area contributed by atoms with E-state index in [2.05, 4.69) is 24.4 Å². The predicted octanol–water partition coefficient (Wildman–Crippen LogP) is 3.19. The monoisotopic (exact) mass is 316 g/mol. The van der Waals surface area contributed by atoms with Gasteiger partial charge >= 0.3 is 51.4 Å². The summed E-state index contributed by atoms with van der Waals surface area (Å²) in [5.41, 5.74) is 1.40. The van der Waals surface area contributed by atoms with E-state index in [-0.39, 0.29) is 61.5 Å². The van der Waals surface area contributed by atoms with Crippen LogP contribution in [0.15, 0.2) is 60.7 Å². The third kappa shape index (κ3) is 7.89. The topological polar surface area (TPSA) is 40.5 Å². The summed E-state index contributed by atoms with van der Waals surface area (Å²) in [6, 6.07) is 18.1. The van der Waals surface area contributed by atoms with E-state index in [0.717, 1.165) is 0 Å². The first-order valence-corrected chi connectivity index (χ1v) is 5.99. The summed E-state index contributed by atoms with van der Waals surface area (Å²) in [4.78, 5) is 0. The molecular weight excluding hydrogens is 303 g/mol. The van der Waals surface area contributed by atoms with Crippen molar-refractivity contribution in [3.63, 3.8) is 0 Å². The first kappa shape index (κ1) is 18.9. The van der Waals surface area contributed by atoms with Gasteiger partial charge in [-0.1, -0.05) is 60.7 Å². The van der Waals surface area contributed by atoms with Crippen molar-refractivity contribution >= 4 is 85.9 Å². The molecule has 0 amide bonds. The zero-order valence-corrected chi connectivity index (χ0v) is 11.1. The number of aliphatic hydroxyl groups is 2. The molecule has 0 aliphatic carbocycles. The van der Waals surface area contributed by atoms with Gasteiger partial charge in [0.05, 0.1) is 0 Å². The van der Waals surface area contributed by atoms with Gasteiger partial charge in [-0.2, -0.15) is 0 Å². The van der Waals surface area contributed by atoms with Crippen LogP contribution in [-0.2, 0) is 0 Å². The van der Waals surface area contributed by atoms with Crippen molar-refractivity contribution in [2.75, 3.05) is 0 Å². The average molecular weight is 316 g/mol. The molecule has 0 fully saturated rings. The Morgan fingerprint density at radius 3 is 1.05 bits per heavy atom. The summed E-state index contributed by atoms with van der Waals surface area (Å²) in [7, 11) is 0. The third-order valence-electron chi connectivity index (χ3n) is 2.04. The summed E-state index contributed by atoms with van der Waals surface area (Å²) in [6.45, 7) is 0. The maximum atomic E-state index is 8.76. The molecular formula is C14H13KO2S2. The standard InChI is InChI=1S/2C7H6OS.K.H/c2*8-7(9)6-4-2-1-3-5-6;;/h2*1-5H,(H,8,9);;. The molecule has 2 aromatic rings. The van der Waals surface area contributed by atoms with Crippen molar-refractivity contribution in [1.29, 1.82) is 0 Å². The van der Waals surface area contributed by atoms with Gasteiger partial charge in [0.1, 0.15) is 0 Å². The quantitative estimate of drug-likeness (QED) is 0.659. The van der Waals surface area contributed by atoms with E-state index < -0.39 is 0 Å². The summed E-state index contributed by atoms with van der Waals surface area (Å²) < 4.78 is 0. The molecule has 0 bridgehead atoms. The molecule has 0 aliphatic rings. The molecule has 2 nitrogen and oxygen atoms in total. The van der Waals surface area contributed by atoms with Crippen LogP contribution in [0.25, 0.3) is 0 Å². The van der Waals surface area contributed by atoms with Gasteiger partial charge in [0.25, 0.3) is 0 Å². The molecule has 0 aromatic heterocycles. The molecule has 0 unspecified atom stereocenters. The van der Waals surface area contributed by atoms with Crippen LogP contribution >= 0.6 is 24.4 Å². The van der Waals surface area contributed by atoms with Gasteiger partial charge in [-0.25, -0.2) is 0 Å². The van der Waals surface area contributed by atoms with Gasteiger partial charge in [0.15, 0.2) is 10.1 Å². The molecule has 0 saturated carbocycles. The molecule has 19 heavy (non-hydrogen) atoms. The predicted molar refractivity (Wildman–Crippen MR) is 88.7 cm³/mol. The Morgan fingerprint density at radius 2 is 0.895 bits per heavy atom. The van der Waals surface area contributed by atoms with Crippen LogP contribution in [0, 0.1) is 0 Å². The van der Waals surface area contributed by atoms with Gasteiger partial charge in [0, 0.05) is 11.1 Å². The van der Waals surface area contributed by atoms with Gasteiger partial charge < -0.3 is 10.2 Å². The van der Waals surface area contributed by atoms with Crippen molar-refractivity contribution in [1.82, 2.24) is 0 Å². The summed E-state index contributed by atoms with van der Waals surface area (Å²) in [5.74, 6) is 0. The third-order valence-corrected chi connectivity index (χ3v) is 2.51. The molecule has 0 radical (unpaired) electrons. The van der Waals surface area contributed by atoms with E-state index in [4.69, 9.17) is 10.2 Å². The van der Waals surface area contributed by atoms with Crippen molar-refractivity contribution in [2.45, 2.75) is 0 Å². The summed E-state index contributed by atoms with van der Waals surface area (Å²) in [6.07, 6.45) is 0. The molecule has 0 heterocycles. The number of thiocarbonyl (C=S) groups is 2. The molecule has 0 spiro atoms. The van der Waals surface area contributed by atoms with E-state index in [1.165, 1.54) is 0 Å². The van der Waals surface area contributed by atoms with Crippen molar-refractivity contribution in [3.05, 3.63) is 71.8 Å². The van der Waals surface area contributed by atoms with E-state index in [9.17, 15) is 0 Å². The number of hydrogen-bond acceptors (Lipinski definition) is 2. The fourth-order valence-electron chi connectivity index (χ4n) is 1.16. The Hall–Kier alpha value is -0.144. The molecule has 0 aliphatic heterocycles. The summed E-state index contributed by atoms with van der Waals surface area (Å²) >= 11 is 9.04. The first-order chi connectivity index (χ1) is 8.61. The van der Waals surface area contributed by atoms with Crippen LogP contribution in [0.1, 0.15) is 11.1 Å². The van der Waals surface area contributed by atoms with E-state index in [1.807, 2.05) is 36.4 Å². The van der Waals surface area contributed by atoms with E-state index in [1.54, 1.807) is 24.3 Å². The minimum atomic E-state index is -0.0457. The number of aliphatic hydroxyl groups excluding tert-OH is 2. The maximum absolute atomic E-state index is 8.76. The van der Waals surface area contributed by atoms with Gasteiger partial charge in [-0.15, -0.1) is 0 Å². The van der Waals surface area contributed by atoms with Crippen molar-refractivity contribution < 1.29 is 10.2 Å². The fourth-order valence-corrected chi connectivity index (χ4v) is 1.43. The van der Waals surface area contributed by atoms with Crippen LogP contribution in [-0.4, -0.2) is 71.7 Å². The zero-order chi connectivity index (χ0) is 13.4. The summed E-state index contributed by atoms with van der Waals surface area (Å²) in [5, 5.41) is 17.4. The Bertz CT molecular complexity index is 466. The Labute approximate surface area is 165 Å². The zero-order valence-electron chi connectivity index (χ0n) is 9.48. The Kier molecular flexibility index (Phi) is 10.5. The van der Waals surface area contributed by atoms with Gasteiger partial charge in [0.2, 0.25) is 0 Å². The normalized spacial score (nSPS) is 8.42. The van der Waals surface area contributed by atoms with Crippen LogP contribution in [0.3, 0.4) is 0 Å². The molecule has 2 N–H and O–H groups in total. The van der Waals surface area contributed by atoms with Gasteiger partial charge in [-0.05, 0) is 24.4 Å². The Morgan fingerprint density at radius 1 is 0.632 bits per heavy atom. The molecule has 0 saturated heterocycles.